The molecule has 0 aliphatic rings. The van der Waals surface area contributed by atoms with Crippen LogP contribution in [0.2, 0.25) is 0 Å². The summed E-state index contributed by atoms with van der Waals surface area (Å²) >= 11 is 1.87. The van der Waals surface area contributed by atoms with Crippen LogP contribution >= 0.6 is 11.3 Å². The van der Waals surface area contributed by atoms with Crippen molar-refractivity contribution in [3.63, 3.8) is 0 Å². The zero-order valence-electron chi connectivity index (χ0n) is 25.4. The largest absolute Gasteiger partial charge is 0.454 e. The number of fused-ring (bicyclic) bond motifs is 10. The SMILES string of the molecule is c1ccc(-c2ccc(N(c3cccc4ccccc34)c3cccc4c3oc3ccc5c6ccc7ccccc7c6sc5c34)cc2)cc1. The summed E-state index contributed by atoms with van der Waals surface area (Å²) in [7, 11) is 0. The second-order valence-corrected chi connectivity index (χ2v) is 13.1. The molecule has 0 aliphatic heterocycles. The fourth-order valence-electron chi connectivity index (χ4n) is 7.25. The number of nitrogens with zero attached hydrogens (tertiary/aromatic N) is 1. The number of thiophene rings is 1. The molecule has 10 rings (SSSR count). The molecule has 0 radical (unpaired) electrons. The highest BCUT2D eigenvalue weighted by molar-refractivity contribution is 7.27. The molecule has 0 atom stereocenters. The van der Waals surface area contributed by atoms with Gasteiger partial charge in [-0.15, -0.1) is 11.3 Å². The first-order chi connectivity index (χ1) is 23.3. The van der Waals surface area contributed by atoms with Crippen LogP contribution < -0.4 is 4.90 Å². The van der Waals surface area contributed by atoms with Crippen molar-refractivity contribution in [1.29, 1.82) is 0 Å². The lowest BCUT2D eigenvalue weighted by molar-refractivity contribution is 0.669. The Balaban J connectivity index is 1.24. The number of rotatable bonds is 4. The Morgan fingerprint density at radius 3 is 1.87 bits per heavy atom. The second-order valence-electron chi connectivity index (χ2n) is 12.1. The molecule has 0 spiro atoms. The van der Waals surface area contributed by atoms with E-state index in [1.165, 1.54) is 58.2 Å². The molecule has 0 fully saturated rings. The Morgan fingerprint density at radius 1 is 0.404 bits per heavy atom. The molecule has 0 saturated heterocycles. The smallest absolute Gasteiger partial charge is 0.159 e. The zero-order valence-corrected chi connectivity index (χ0v) is 26.2. The van der Waals surface area contributed by atoms with Gasteiger partial charge in [-0.2, -0.15) is 0 Å². The maximum atomic E-state index is 6.87. The number of furan rings is 1. The molecule has 0 aliphatic carbocycles. The van der Waals surface area contributed by atoms with Crippen LogP contribution in [0.1, 0.15) is 0 Å². The molecular formula is C44H27NOS. The predicted molar refractivity (Wildman–Crippen MR) is 202 cm³/mol. The fourth-order valence-corrected chi connectivity index (χ4v) is 8.64. The Kier molecular flexibility index (Phi) is 5.78. The van der Waals surface area contributed by atoms with E-state index in [0.29, 0.717) is 0 Å². The first kappa shape index (κ1) is 26.3. The summed E-state index contributed by atoms with van der Waals surface area (Å²) in [5.74, 6) is 0. The highest BCUT2D eigenvalue weighted by Crippen LogP contribution is 2.48. The molecule has 0 amide bonds. The summed E-state index contributed by atoms with van der Waals surface area (Å²) in [4.78, 5) is 2.36. The van der Waals surface area contributed by atoms with Gasteiger partial charge in [0.1, 0.15) is 5.58 Å². The average molecular weight is 618 g/mol. The standard InChI is InChI=1S/C44H27NOS/c1-2-10-28(11-3-1)29-20-23-32(24-21-29)45(38-18-8-14-30-12-4-6-15-33(30)38)39-19-9-17-37-41-40(46-42(37)39)27-26-36-35-25-22-31-13-5-7-16-34(31)43(35)47-44(36)41/h1-27H. The highest BCUT2D eigenvalue weighted by atomic mass is 32.1. The number of hydrogen-bond acceptors (Lipinski definition) is 3. The van der Waals surface area contributed by atoms with Crippen molar-refractivity contribution in [2.24, 2.45) is 0 Å². The van der Waals surface area contributed by atoms with Crippen molar-refractivity contribution >= 4 is 92.1 Å². The molecule has 47 heavy (non-hydrogen) atoms. The zero-order chi connectivity index (χ0) is 30.9. The van der Waals surface area contributed by atoms with Gasteiger partial charge in [-0.3, -0.25) is 0 Å². The van der Waals surface area contributed by atoms with Crippen LogP contribution in [-0.4, -0.2) is 0 Å². The van der Waals surface area contributed by atoms with Gasteiger partial charge in [0.15, 0.2) is 5.58 Å². The Bertz CT molecular complexity index is 2790. The maximum Gasteiger partial charge on any atom is 0.159 e. The first-order valence-corrected chi connectivity index (χ1v) is 16.7. The lowest BCUT2D eigenvalue weighted by atomic mass is 10.0. The van der Waals surface area contributed by atoms with Crippen molar-refractivity contribution in [3.8, 4) is 11.1 Å². The van der Waals surface area contributed by atoms with Gasteiger partial charge in [0.2, 0.25) is 0 Å². The summed E-state index contributed by atoms with van der Waals surface area (Å²) in [5.41, 5.74) is 7.39. The van der Waals surface area contributed by atoms with Crippen LogP contribution in [0.4, 0.5) is 17.1 Å². The summed E-state index contributed by atoms with van der Waals surface area (Å²) in [6.45, 7) is 0. The molecular weight excluding hydrogens is 591 g/mol. The summed E-state index contributed by atoms with van der Waals surface area (Å²) in [6, 6.07) is 58.7. The van der Waals surface area contributed by atoms with Crippen molar-refractivity contribution in [3.05, 3.63) is 164 Å². The average Bonchev–Trinajstić information content (AvgIpc) is 3.72. The van der Waals surface area contributed by atoms with Crippen molar-refractivity contribution in [1.82, 2.24) is 0 Å². The van der Waals surface area contributed by atoms with Gasteiger partial charge >= 0.3 is 0 Å². The molecule has 0 unspecified atom stereocenters. The number of benzene rings is 8. The second kappa shape index (κ2) is 10.3. The molecule has 0 saturated carbocycles. The van der Waals surface area contributed by atoms with E-state index >= 15 is 0 Å². The normalized spacial score (nSPS) is 11.8. The van der Waals surface area contributed by atoms with Gasteiger partial charge < -0.3 is 9.32 Å². The van der Waals surface area contributed by atoms with Gasteiger partial charge in [0, 0.05) is 42.0 Å². The van der Waals surface area contributed by atoms with Crippen LogP contribution in [0, 0.1) is 0 Å². The van der Waals surface area contributed by atoms with E-state index in [9.17, 15) is 0 Å². The van der Waals surface area contributed by atoms with E-state index in [1.807, 2.05) is 11.3 Å². The first-order valence-electron chi connectivity index (χ1n) is 15.9. The Morgan fingerprint density at radius 2 is 1.02 bits per heavy atom. The van der Waals surface area contributed by atoms with Crippen LogP contribution in [0.15, 0.2) is 168 Å². The van der Waals surface area contributed by atoms with Crippen LogP contribution in [0.5, 0.6) is 0 Å². The molecule has 2 nitrogen and oxygen atoms in total. The van der Waals surface area contributed by atoms with E-state index in [4.69, 9.17) is 4.42 Å². The monoisotopic (exact) mass is 617 g/mol. The molecule has 0 bridgehead atoms. The van der Waals surface area contributed by atoms with E-state index < -0.39 is 0 Å². The number of anilines is 3. The Labute approximate surface area is 275 Å². The topological polar surface area (TPSA) is 16.4 Å². The third kappa shape index (κ3) is 4.04. The molecule has 2 heterocycles. The van der Waals surface area contributed by atoms with E-state index in [2.05, 4.69) is 169 Å². The van der Waals surface area contributed by atoms with Gasteiger partial charge in [0.05, 0.1) is 11.4 Å². The van der Waals surface area contributed by atoms with Gasteiger partial charge in [0.25, 0.3) is 0 Å². The van der Waals surface area contributed by atoms with Crippen LogP contribution in [0.3, 0.4) is 0 Å². The van der Waals surface area contributed by atoms with Crippen LogP contribution in [0.25, 0.3) is 74.8 Å². The van der Waals surface area contributed by atoms with E-state index in [-0.39, 0.29) is 0 Å². The quantitative estimate of drug-likeness (QED) is 0.195. The highest BCUT2D eigenvalue weighted by Gasteiger charge is 2.22. The van der Waals surface area contributed by atoms with Gasteiger partial charge in [-0.1, -0.05) is 127 Å². The minimum atomic E-state index is 0.886. The predicted octanol–water partition coefficient (Wildman–Crippen LogP) is 13.4. The summed E-state index contributed by atoms with van der Waals surface area (Å²) in [5, 5.41) is 9.85. The minimum absolute atomic E-state index is 0.886. The molecule has 8 aromatic carbocycles. The lowest BCUT2D eigenvalue weighted by Crippen LogP contribution is -2.10. The third-order valence-electron chi connectivity index (χ3n) is 9.45. The minimum Gasteiger partial charge on any atom is -0.454 e. The summed E-state index contributed by atoms with van der Waals surface area (Å²) < 4.78 is 9.47. The van der Waals surface area contributed by atoms with E-state index in [0.717, 1.165) is 33.6 Å². The van der Waals surface area contributed by atoms with Crippen LogP contribution in [-0.2, 0) is 0 Å². The van der Waals surface area contributed by atoms with E-state index in [1.54, 1.807) is 0 Å². The van der Waals surface area contributed by atoms with Crippen molar-refractivity contribution in [2.75, 3.05) is 4.90 Å². The molecule has 220 valence electrons. The maximum absolute atomic E-state index is 6.87. The Hall–Kier alpha value is -5.90. The van der Waals surface area contributed by atoms with Gasteiger partial charge in [-0.25, -0.2) is 0 Å². The molecule has 10 aromatic rings. The van der Waals surface area contributed by atoms with Crippen molar-refractivity contribution < 1.29 is 4.42 Å². The summed E-state index contributed by atoms with van der Waals surface area (Å²) in [6.07, 6.45) is 0. The fraction of sp³-hybridized carbons (Fsp3) is 0. The molecule has 2 aromatic heterocycles. The molecule has 3 heteroatoms. The van der Waals surface area contributed by atoms with Crippen molar-refractivity contribution in [2.45, 2.75) is 0 Å². The third-order valence-corrected chi connectivity index (χ3v) is 10.7. The molecule has 0 N–H and O–H groups in total. The van der Waals surface area contributed by atoms with Gasteiger partial charge in [-0.05, 0) is 63.7 Å². The number of para-hydroxylation sites is 1. The lowest BCUT2D eigenvalue weighted by Gasteiger charge is -2.27. The number of hydrogen-bond donors (Lipinski definition) is 0.